The molecule has 2 aromatic rings. The molecule has 0 bridgehead atoms. The second-order valence-electron chi connectivity index (χ2n) is 4.60. The van der Waals surface area contributed by atoms with Crippen molar-refractivity contribution in [1.29, 1.82) is 0 Å². The molecule has 3 rings (SSSR count). The van der Waals surface area contributed by atoms with Crippen molar-refractivity contribution in [3.63, 3.8) is 0 Å². The first-order chi connectivity index (χ1) is 8.84. The SMILES string of the molecule is Oc1ccccc1[C@H]1C[C@H](c2ccccc2)NN1. The van der Waals surface area contributed by atoms with Gasteiger partial charge in [0.05, 0.1) is 6.04 Å². The minimum Gasteiger partial charge on any atom is -0.508 e. The molecule has 3 heteroatoms. The predicted octanol–water partition coefficient (Wildman–Crippen LogP) is 2.67. The largest absolute Gasteiger partial charge is 0.508 e. The molecular weight excluding hydrogens is 224 g/mol. The lowest BCUT2D eigenvalue weighted by molar-refractivity contribution is 0.453. The van der Waals surface area contributed by atoms with E-state index in [2.05, 4.69) is 23.0 Å². The van der Waals surface area contributed by atoms with Crippen LogP contribution >= 0.6 is 0 Å². The fraction of sp³-hybridized carbons (Fsp3) is 0.200. The van der Waals surface area contributed by atoms with Crippen molar-refractivity contribution in [3.8, 4) is 5.75 Å². The molecule has 92 valence electrons. The predicted molar refractivity (Wildman–Crippen MR) is 70.9 cm³/mol. The van der Waals surface area contributed by atoms with Gasteiger partial charge in [-0.2, -0.15) is 0 Å². The molecule has 0 unspecified atom stereocenters. The molecule has 1 aliphatic rings. The lowest BCUT2D eigenvalue weighted by Gasteiger charge is -2.11. The number of benzene rings is 2. The van der Waals surface area contributed by atoms with Crippen molar-refractivity contribution in [2.75, 3.05) is 0 Å². The molecule has 0 aliphatic carbocycles. The van der Waals surface area contributed by atoms with Crippen molar-refractivity contribution in [2.45, 2.75) is 18.5 Å². The van der Waals surface area contributed by atoms with E-state index in [9.17, 15) is 5.11 Å². The molecule has 1 heterocycles. The summed E-state index contributed by atoms with van der Waals surface area (Å²) in [5.74, 6) is 0.352. The van der Waals surface area contributed by atoms with Crippen molar-refractivity contribution >= 4 is 0 Å². The van der Waals surface area contributed by atoms with Crippen molar-refractivity contribution in [3.05, 3.63) is 65.7 Å². The number of phenols is 1. The maximum Gasteiger partial charge on any atom is 0.120 e. The highest BCUT2D eigenvalue weighted by molar-refractivity contribution is 5.35. The lowest BCUT2D eigenvalue weighted by Crippen LogP contribution is -2.26. The van der Waals surface area contributed by atoms with Gasteiger partial charge in [0.1, 0.15) is 5.75 Å². The summed E-state index contributed by atoms with van der Waals surface area (Å²) in [6, 6.07) is 18.3. The van der Waals surface area contributed by atoms with Crippen LogP contribution in [0.2, 0.25) is 0 Å². The maximum atomic E-state index is 9.86. The van der Waals surface area contributed by atoms with Crippen LogP contribution in [0.25, 0.3) is 0 Å². The summed E-state index contributed by atoms with van der Waals surface area (Å²) in [6.07, 6.45) is 0.932. The number of nitrogens with one attached hydrogen (secondary N) is 2. The zero-order chi connectivity index (χ0) is 12.4. The van der Waals surface area contributed by atoms with E-state index >= 15 is 0 Å². The summed E-state index contributed by atoms with van der Waals surface area (Å²) in [5, 5.41) is 9.86. The van der Waals surface area contributed by atoms with E-state index < -0.39 is 0 Å². The van der Waals surface area contributed by atoms with Crippen LogP contribution in [0.1, 0.15) is 29.6 Å². The maximum absolute atomic E-state index is 9.86. The van der Waals surface area contributed by atoms with Crippen molar-refractivity contribution in [1.82, 2.24) is 10.9 Å². The topological polar surface area (TPSA) is 44.3 Å². The van der Waals surface area contributed by atoms with E-state index in [0.717, 1.165) is 12.0 Å². The van der Waals surface area contributed by atoms with Gasteiger partial charge in [-0.3, -0.25) is 0 Å². The van der Waals surface area contributed by atoms with Gasteiger partial charge in [-0.25, -0.2) is 10.9 Å². The average molecular weight is 240 g/mol. The van der Waals surface area contributed by atoms with Crippen LogP contribution in [0.4, 0.5) is 0 Å². The molecule has 0 saturated carbocycles. The fourth-order valence-corrected chi connectivity index (χ4v) is 2.45. The van der Waals surface area contributed by atoms with Crippen LogP contribution in [0, 0.1) is 0 Å². The summed E-state index contributed by atoms with van der Waals surface area (Å²) in [5.41, 5.74) is 8.75. The Morgan fingerprint density at radius 2 is 1.50 bits per heavy atom. The molecule has 3 N–H and O–H groups in total. The third-order valence-electron chi connectivity index (χ3n) is 3.42. The summed E-state index contributed by atoms with van der Waals surface area (Å²) < 4.78 is 0. The fourth-order valence-electron chi connectivity index (χ4n) is 2.45. The number of hydrazine groups is 1. The zero-order valence-electron chi connectivity index (χ0n) is 10.0. The first-order valence-electron chi connectivity index (χ1n) is 6.18. The van der Waals surface area contributed by atoms with Crippen LogP contribution in [0.3, 0.4) is 0 Å². The van der Waals surface area contributed by atoms with E-state index in [1.807, 2.05) is 36.4 Å². The second kappa shape index (κ2) is 4.80. The number of hydrogen-bond acceptors (Lipinski definition) is 3. The first-order valence-corrected chi connectivity index (χ1v) is 6.18. The minimum atomic E-state index is 0.149. The van der Waals surface area contributed by atoms with E-state index in [4.69, 9.17) is 0 Å². The van der Waals surface area contributed by atoms with Gasteiger partial charge in [-0.05, 0) is 18.1 Å². The molecule has 1 saturated heterocycles. The number of aromatic hydroxyl groups is 1. The van der Waals surface area contributed by atoms with Gasteiger partial charge in [-0.1, -0.05) is 48.5 Å². The van der Waals surface area contributed by atoms with Crippen molar-refractivity contribution < 1.29 is 5.11 Å². The Balaban J connectivity index is 1.78. The zero-order valence-corrected chi connectivity index (χ0v) is 10.0. The number of hydrogen-bond donors (Lipinski definition) is 3. The Kier molecular flexibility index (Phi) is 3.00. The molecule has 1 fully saturated rings. The van der Waals surface area contributed by atoms with Gasteiger partial charge >= 0.3 is 0 Å². The monoisotopic (exact) mass is 240 g/mol. The molecule has 0 aromatic heterocycles. The van der Waals surface area contributed by atoms with Gasteiger partial charge < -0.3 is 5.11 Å². The highest BCUT2D eigenvalue weighted by Gasteiger charge is 2.27. The molecule has 3 nitrogen and oxygen atoms in total. The lowest BCUT2D eigenvalue weighted by atomic mass is 9.97. The van der Waals surface area contributed by atoms with Crippen LogP contribution in [0.5, 0.6) is 5.75 Å². The van der Waals surface area contributed by atoms with Crippen LogP contribution in [0.15, 0.2) is 54.6 Å². The Morgan fingerprint density at radius 3 is 2.28 bits per heavy atom. The molecule has 2 atom stereocenters. The summed E-state index contributed by atoms with van der Waals surface area (Å²) in [6.45, 7) is 0. The van der Waals surface area contributed by atoms with E-state index in [1.54, 1.807) is 6.07 Å². The quantitative estimate of drug-likeness (QED) is 0.756. The standard InChI is InChI=1S/C15H16N2O/c18-15-9-5-4-8-12(15)14-10-13(16-17-14)11-6-2-1-3-7-11/h1-9,13-14,16-18H,10H2/t13-,14-/m1/s1. The summed E-state index contributed by atoms with van der Waals surface area (Å²) >= 11 is 0. The van der Waals surface area contributed by atoms with Crippen LogP contribution < -0.4 is 10.9 Å². The number of phenolic OH excluding ortho intramolecular Hbond substituents is 1. The van der Waals surface area contributed by atoms with Crippen LogP contribution in [-0.2, 0) is 0 Å². The molecule has 2 aromatic carbocycles. The first kappa shape index (κ1) is 11.3. The van der Waals surface area contributed by atoms with Gasteiger partial charge in [-0.15, -0.1) is 0 Å². The van der Waals surface area contributed by atoms with Crippen molar-refractivity contribution in [2.24, 2.45) is 0 Å². The second-order valence-corrected chi connectivity index (χ2v) is 4.60. The minimum absolute atomic E-state index is 0.149. The molecule has 0 spiro atoms. The van der Waals surface area contributed by atoms with E-state index in [-0.39, 0.29) is 12.1 Å². The third kappa shape index (κ3) is 2.10. The van der Waals surface area contributed by atoms with Gasteiger partial charge in [0.15, 0.2) is 0 Å². The average Bonchev–Trinajstić information content (AvgIpc) is 2.90. The Hall–Kier alpha value is -1.84. The Morgan fingerprint density at radius 1 is 0.833 bits per heavy atom. The molecule has 1 aliphatic heterocycles. The summed E-state index contributed by atoms with van der Waals surface area (Å²) in [7, 11) is 0. The number of para-hydroxylation sites is 1. The normalized spacial score (nSPS) is 23.1. The van der Waals surface area contributed by atoms with E-state index in [0.29, 0.717) is 5.75 Å². The number of rotatable bonds is 2. The Labute approximate surface area is 106 Å². The third-order valence-corrected chi connectivity index (χ3v) is 3.42. The highest BCUT2D eigenvalue weighted by atomic mass is 16.3. The molecule has 18 heavy (non-hydrogen) atoms. The van der Waals surface area contributed by atoms with Gasteiger partial charge in [0, 0.05) is 11.6 Å². The van der Waals surface area contributed by atoms with E-state index in [1.165, 1.54) is 5.56 Å². The molecule has 0 radical (unpaired) electrons. The van der Waals surface area contributed by atoms with Gasteiger partial charge in [0.25, 0.3) is 0 Å². The molecule has 0 amide bonds. The Bertz CT molecular complexity index is 527. The van der Waals surface area contributed by atoms with Crippen LogP contribution in [-0.4, -0.2) is 5.11 Å². The summed E-state index contributed by atoms with van der Waals surface area (Å²) in [4.78, 5) is 0. The molecular formula is C15H16N2O. The van der Waals surface area contributed by atoms with Gasteiger partial charge in [0.2, 0.25) is 0 Å². The highest BCUT2D eigenvalue weighted by Crippen LogP contribution is 2.34. The smallest absolute Gasteiger partial charge is 0.120 e.